The highest BCUT2D eigenvalue weighted by Gasteiger charge is 2.29. The van der Waals surface area contributed by atoms with Crippen molar-refractivity contribution < 1.29 is 24.3 Å². The Morgan fingerprint density at radius 2 is 1.58 bits per heavy atom. The molecule has 2 aromatic rings. The molecule has 0 saturated heterocycles. The molecule has 10 heteroatoms. The average molecular weight is 460 g/mol. The Bertz CT molecular complexity index is 1000. The van der Waals surface area contributed by atoms with Gasteiger partial charge in [0.2, 0.25) is 17.7 Å². The predicted octanol–water partition coefficient (Wildman–Crippen LogP) is 0.663. The zero-order valence-corrected chi connectivity index (χ0v) is 19.3. The van der Waals surface area contributed by atoms with E-state index in [2.05, 4.69) is 20.9 Å². The molecule has 0 fully saturated rings. The standard InChI is InChI=1S/C23H33N5O5/c1-12(2)9-19(23(32)33)28-22(31)18(27-21(30)14(4)26-20(29)13(3)24)10-15-11-25-17-8-6-5-7-16(15)17/h5-8,11-14,18-19,25H,9-10,24H2,1-4H3,(H,26,29)(H,27,30)(H,28,31)(H,32,33). The fourth-order valence-corrected chi connectivity index (χ4v) is 3.40. The Balaban J connectivity index is 2.24. The lowest BCUT2D eigenvalue weighted by Gasteiger charge is -2.24. The highest BCUT2D eigenvalue weighted by molar-refractivity contribution is 5.94. The number of carbonyl (C=O) groups is 4. The van der Waals surface area contributed by atoms with Crippen molar-refractivity contribution >= 4 is 34.6 Å². The summed E-state index contributed by atoms with van der Waals surface area (Å²) in [6.07, 6.45) is 2.13. The highest BCUT2D eigenvalue weighted by atomic mass is 16.4. The van der Waals surface area contributed by atoms with Gasteiger partial charge >= 0.3 is 5.97 Å². The number of para-hydroxylation sites is 1. The molecular formula is C23H33N5O5. The minimum atomic E-state index is -1.15. The van der Waals surface area contributed by atoms with Crippen LogP contribution in [0.5, 0.6) is 0 Å². The number of H-pyrrole nitrogens is 1. The maximum Gasteiger partial charge on any atom is 0.326 e. The van der Waals surface area contributed by atoms with Crippen LogP contribution in [-0.4, -0.2) is 57.9 Å². The second-order valence-electron chi connectivity index (χ2n) is 8.67. The van der Waals surface area contributed by atoms with Gasteiger partial charge in [-0.25, -0.2) is 4.79 Å². The van der Waals surface area contributed by atoms with Gasteiger partial charge in [-0.1, -0.05) is 32.0 Å². The van der Waals surface area contributed by atoms with Gasteiger partial charge in [-0.2, -0.15) is 0 Å². The number of carboxylic acids is 1. The van der Waals surface area contributed by atoms with Gasteiger partial charge in [-0.15, -0.1) is 0 Å². The van der Waals surface area contributed by atoms with Crippen molar-refractivity contribution in [3.8, 4) is 0 Å². The van der Waals surface area contributed by atoms with Crippen LogP contribution >= 0.6 is 0 Å². The predicted molar refractivity (Wildman–Crippen MR) is 124 cm³/mol. The normalized spacial score (nSPS) is 14.8. The topological polar surface area (TPSA) is 166 Å². The van der Waals surface area contributed by atoms with Gasteiger partial charge in [0, 0.05) is 23.5 Å². The van der Waals surface area contributed by atoms with Crippen LogP contribution in [0, 0.1) is 5.92 Å². The van der Waals surface area contributed by atoms with E-state index < -0.39 is 47.9 Å². The number of aromatic nitrogens is 1. The Kier molecular flexibility index (Phi) is 8.98. The molecule has 0 saturated carbocycles. The van der Waals surface area contributed by atoms with Gasteiger partial charge in [0.05, 0.1) is 6.04 Å². The van der Waals surface area contributed by atoms with E-state index in [1.165, 1.54) is 13.8 Å². The van der Waals surface area contributed by atoms with Crippen molar-refractivity contribution in [1.82, 2.24) is 20.9 Å². The van der Waals surface area contributed by atoms with Crippen molar-refractivity contribution in [3.63, 3.8) is 0 Å². The summed E-state index contributed by atoms with van der Waals surface area (Å²) < 4.78 is 0. The van der Waals surface area contributed by atoms with Crippen molar-refractivity contribution in [2.75, 3.05) is 0 Å². The first kappa shape index (κ1) is 25.9. The molecule has 10 nitrogen and oxygen atoms in total. The summed E-state index contributed by atoms with van der Waals surface area (Å²) in [7, 11) is 0. The fraction of sp³-hybridized carbons (Fsp3) is 0.478. The Hall–Kier alpha value is -3.40. The number of fused-ring (bicyclic) bond motifs is 1. The first-order valence-electron chi connectivity index (χ1n) is 10.9. The molecule has 3 amide bonds. The molecule has 0 radical (unpaired) electrons. The third kappa shape index (κ3) is 7.31. The summed E-state index contributed by atoms with van der Waals surface area (Å²) in [5.41, 5.74) is 7.19. The molecule has 180 valence electrons. The fourth-order valence-electron chi connectivity index (χ4n) is 3.40. The Labute approximate surface area is 192 Å². The maximum absolute atomic E-state index is 13.1. The van der Waals surface area contributed by atoms with E-state index in [1.807, 2.05) is 38.1 Å². The molecule has 0 aliphatic carbocycles. The van der Waals surface area contributed by atoms with E-state index in [0.717, 1.165) is 16.5 Å². The van der Waals surface area contributed by atoms with Crippen LogP contribution in [0.15, 0.2) is 30.5 Å². The van der Waals surface area contributed by atoms with Crippen LogP contribution < -0.4 is 21.7 Å². The number of nitrogens with two attached hydrogens (primary N) is 1. The lowest BCUT2D eigenvalue weighted by Crippen LogP contribution is -2.56. The number of benzene rings is 1. The van der Waals surface area contributed by atoms with E-state index in [0.29, 0.717) is 0 Å². The summed E-state index contributed by atoms with van der Waals surface area (Å²) in [5, 5.41) is 18.1. The zero-order chi connectivity index (χ0) is 24.7. The lowest BCUT2D eigenvalue weighted by molar-refractivity contribution is -0.142. The molecule has 0 aliphatic rings. The van der Waals surface area contributed by atoms with E-state index >= 15 is 0 Å². The zero-order valence-electron chi connectivity index (χ0n) is 19.3. The Morgan fingerprint density at radius 1 is 0.939 bits per heavy atom. The number of hydrogen-bond donors (Lipinski definition) is 6. The number of amides is 3. The van der Waals surface area contributed by atoms with E-state index in [1.54, 1.807) is 6.20 Å². The van der Waals surface area contributed by atoms with E-state index in [9.17, 15) is 24.3 Å². The van der Waals surface area contributed by atoms with Gasteiger partial charge in [0.1, 0.15) is 18.1 Å². The van der Waals surface area contributed by atoms with Crippen LogP contribution in [0.25, 0.3) is 10.9 Å². The van der Waals surface area contributed by atoms with Gasteiger partial charge in [-0.3, -0.25) is 14.4 Å². The molecule has 0 spiro atoms. The molecule has 33 heavy (non-hydrogen) atoms. The van der Waals surface area contributed by atoms with Crippen LogP contribution in [-0.2, 0) is 25.6 Å². The third-order valence-electron chi connectivity index (χ3n) is 5.22. The van der Waals surface area contributed by atoms with Crippen molar-refractivity contribution in [2.24, 2.45) is 11.7 Å². The number of nitrogens with one attached hydrogen (secondary N) is 4. The molecule has 0 bridgehead atoms. The van der Waals surface area contributed by atoms with E-state index in [4.69, 9.17) is 5.73 Å². The number of aromatic amines is 1. The van der Waals surface area contributed by atoms with Gasteiger partial charge in [-0.05, 0) is 37.8 Å². The van der Waals surface area contributed by atoms with Gasteiger partial charge in [0.15, 0.2) is 0 Å². The molecule has 1 aromatic heterocycles. The number of carbonyl (C=O) groups excluding carboxylic acids is 3. The number of carboxylic acid groups (broad SMARTS) is 1. The molecule has 4 atom stereocenters. The summed E-state index contributed by atoms with van der Waals surface area (Å²) >= 11 is 0. The van der Waals surface area contributed by atoms with Crippen LogP contribution in [0.2, 0.25) is 0 Å². The summed E-state index contributed by atoms with van der Waals surface area (Å²) in [5.74, 6) is -2.81. The first-order valence-corrected chi connectivity index (χ1v) is 10.9. The van der Waals surface area contributed by atoms with Gasteiger partial charge in [0.25, 0.3) is 0 Å². The maximum atomic E-state index is 13.1. The van der Waals surface area contributed by atoms with E-state index in [-0.39, 0.29) is 18.8 Å². The minimum absolute atomic E-state index is 0.0431. The molecular weight excluding hydrogens is 426 g/mol. The number of hydrogen-bond acceptors (Lipinski definition) is 5. The highest BCUT2D eigenvalue weighted by Crippen LogP contribution is 2.19. The SMILES string of the molecule is CC(C)CC(NC(=O)C(Cc1c[nH]c2ccccc12)NC(=O)C(C)NC(=O)C(C)N)C(=O)O. The van der Waals surface area contributed by atoms with Crippen molar-refractivity contribution in [2.45, 2.75) is 64.7 Å². The minimum Gasteiger partial charge on any atom is -0.480 e. The largest absolute Gasteiger partial charge is 0.480 e. The summed E-state index contributed by atoms with van der Waals surface area (Å²) in [6.45, 7) is 6.69. The molecule has 4 unspecified atom stereocenters. The second-order valence-corrected chi connectivity index (χ2v) is 8.67. The quantitative estimate of drug-likeness (QED) is 0.289. The monoisotopic (exact) mass is 459 g/mol. The molecule has 0 aliphatic heterocycles. The molecule has 1 aromatic carbocycles. The number of rotatable bonds is 11. The molecule has 2 rings (SSSR count). The second kappa shape index (κ2) is 11.5. The Morgan fingerprint density at radius 3 is 2.18 bits per heavy atom. The lowest BCUT2D eigenvalue weighted by atomic mass is 10.0. The van der Waals surface area contributed by atoms with Crippen LogP contribution in [0.1, 0.15) is 39.7 Å². The summed E-state index contributed by atoms with van der Waals surface area (Å²) in [4.78, 5) is 52.4. The van der Waals surface area contributed by atoms with Crippen molar-refractivity contribution in [1.29, 1.82) is 0 Å². The number of aliphatic carboxylic acids is 1. The third-order valence-corrected chi connectivity index (χ3v) is 5.22. The van der Waals surface area contributed by atoms with Crippen LogP contribution in [0.4, 0.5) is 0 Å². The van der Waals surface area contributed by atoms with Crippen LogP contribution in [0.3, 0.4) is 0 Å². The smallest absolute Gasteiger partial charge is 0.326 e. The van der Waals surface area contributed by atoms with Gasteiger partial charge < -0.3 is 31.8 Å². The molecule has 7 N–H and O–H groups in total. The molecule has 1 heterocycles. The summed E-state index contributed by atoms with van der Waals surface area (Å²) in [6, 6.07) is 3.65. The average Bonchev–Trinajstić information content (AvgIpc) is 3.14. The first-order chi connectivity index (χ1) is 15.5. The van der Waals surface area contributed by atoms with Crippen molar-refractivity contribution in [3.05, 3.63) is 36.0 Å².